The molecule has 0 aromatic heterocycles. The predicted octanol–water partition coefficient (Wildman–Crippen LogP) is -6.56. The SMILES string of the molecule is CC.NCCO[C@@H]1O[C@@H](CO)[C@@H](O[C@@H]2OC(CO)[C@H](O[C@H]3OC(CO)[C@H](O)[C@H](O)C3O)[C@H](O)C2O)C(O)C1O. The second kappa shape index (κ2) is 16.1. The van der Waals surface area contributed by atoms with Gasteiger partial charge >= 0.3 is 0 Å². The van der Waals surface area contributed by atoms with Crippen molar-refractivity contribution in [1.82, 2.24) is 0 Å². The van der Waals surface area contributed by atoms with Crippen LogP contribution in [0.2, 0.25) is 0 Å². The van der Waals surface area contributed by atoms with Crippen molar-refractivity contribution in [3.8, 4) is 0 Å². The van der Waals surface area contributed by atoms with Gasteiger partial charge in [0, 0.05) is 6.54 Å². The smallest absolute Gasteiger partial charge is 0.187 e. The Morgan fingerprint density at radius 3 is 1.36 bits per heavy atom. The molecule has 12 N–H and O–H groups in total. The lowest BCUT2D eigenvalue weighted by Crippen LogP contribution is -2.66. The normalized spacial score (nSPS) is 46.8. The van der Waals surface area contributed by atoms with Gasteiger partial charge in [0.05, 0.1) is 26.4 Å². The maximum atomic E-state index is 10.7. The van der Waals surface area contributed by atoms with Gasteiger partial charge < -0.3 is 85.2 Å². The van der Waals surface area contributed by atoms with Crippen molar-refractivity contribution in [3.05, 3.63) is 0 Å². The molecular weight excluding hydrogens is 534 g/mol. The first-order chi connectivity index (χ1) is 18.6. The van der Waals surface area contributed by atoms with Gasteiger partial charge in [-0.3, -0.25) is 0 Å². The highest BCUT2D eigenvalue weighted by Crippen LogP contribution is 2.32. The van der Waals surface area contributed by atoms with E-state index in [1.54, 1.807) is 0 Å². The van der Waals surface area contributed by atoms with Crippen LogP contribution >= 0.6 is 0 Å². The second-order valence-corrected chi connectivity index (χ2v) is 8.97. The molecule has 0 radical (unpaired) electrons. The average molecular weight is 578 g/mol. The molecular formula is C22H43NO16. The minimum absolute atomic E-state index is 0.0111. The van der Waals surface area contributed by atoms with Crippen LogP contribution in [0, 0.1) is 0 Å². The van der Waals surface area contributed by atoms with Crippen LogP contribution in [0.4, 0.5) is 0 Å². The summed E-state index contributed by atoms with van der Waals surface area (Å²) in [4.78, 5) is 0. The van der Waals surface area contributed by atoms with Crippen LogP contribution in [0.5, 0.6) is 0 Å². The lowest BCUT2D eigenvalue weighted by molar-refractivity contribution is -0.379. The lowest BCUT2D eigenvalue weighted by atomic mass is 9.96. The molecule has 3 aliphatic rings. The van der Waals surface area contributed by atoms with Crippen molar-refractivity contribution in [3.63, 3.8) is 0 Å². The average Bonchev–Trinajstić information content (AvgIpc) is 2.95. The Labute approximate surface area is 224 Å². The number of aliphatic hydroxyl groups excluding tert-OH is 10. The first kappa shape index (κ1) is 34.5. The van der Waals surface area contributed by atoms with Crippen LogP contribution in [0.3, 0.4) is 0 Å². The van der Waals surface area contributed by atoms with E-state index in [9.17, 15) is 51.1 Å². The highest BCUT2D eigenvalue weighted by Gasteiger charge is 2.53. The first-order valence-electron chi connectivity index (χ1n) is 12.8. The van der Waals surface area contributed by atoms with Crippen LogP contribution in [-0.4, -0.2) is 176 Å². The molecule has 0 bridgehead atoms. The molecule has 3 fully saturated rings. The number of nitrogens with two attached hydrogens (primary N) is 1. The molecule has 0 spiro atoms. The van der Waals surface area contributed by atoms with Gasteiger partial charge in [0.15, 0.2) is 18.9 Å². The third-order valence-corrected chi connectivity index (χ3v) is 6.47. The van der Waals surface area contributed by atoms with Gasteiger partial charge in [0.25, 0.3) is 0 Å². The molecule has 17 heteroatoms. The molecule has 0 aliphatic carbocycles. The third-order valence-electron chi connectivity index (χ3n) is 6.47. The van der Waals surface area contributed by atoms with Gasteiger partial charge in [-0.05, 0) is 0 Å². The number of hydrogen-bond acceptors (Lipinski definition) is 17. The summed E-state index contributed by atoms with van der Waals surface area (Å²) in [5.41, 5.74) is 5.35. The molecule has 6 unspecified atom stereocenters. The fourth-order valence-electron chi connectivity index (χ4n) is 4.37. The van der Waals surface area contributed by atoms with E-state index in [4.69, 9.17) is 34.2 Å². The molecule has 0 saturated carbocycles. The second-order valence-electron chi connectivity index (χ2n) is 8.97. The molecule has 3 saturated heterocycles. The monoisotopic (exact) mass is 577 g/mol. The molecule has 0 aromatic carbocycles. The zero-order chi connectivity index (χ0) is 29.4. The van der Waals surface area contributed by atoms with Gasteiger partial charge in [-0.2, -0.15) is 0 Å². The number of rotatable bonds is 10. The van der Waals surface area contributed by atoms with Crippen LogP contribution < -0.4 is 5.73 Å². The first-order valence-corrected chi connectivity index (χ1v) is 12.8. The Morgan fingerprint density at radius 1 is 0.538 bits per heavy atom. The topological polar surface area (TPSA) is 284 Å². The third kappa shape index (κ3) is 7.79. The fraction of sp³-hybridized carbons (Fsp3) is 1.00. The Morgan fingerprint density at radius 2 is 0.923 bits per heavy atom. The molecule has 0 aromatic rings. The van der Waals surface area contributed by atoms with E-state index in [1.807, 2.05) is 13.8 Å². The number of ether oxygens (including phenoxy) is 6. The number of hydrogen-bond donors (Lipinski definition) is 11. The largest absolute Gasteiger partial charge is 0.394 e. The van der Waals surface area contributed by atoms with E-state index in [0.29, 0.717) is 0 Å². The van der Waals surface area contributed by atoms with Crippen LogP contribution in [0.25, 0.3) is 0 Å². The summed E-state index contributed by atoms with van der Waals surface area (Å²) in [5.74, 6) is 0. The fourth-order valence-corrected chi connectivity index (χ4v) is 4.37. The zero-order valence-electron chi connectivity index (χ0n) is 21.7. The minimum atomic E-state index is -1.90. The van der Waals surface area contributed by atoms with Gasteiger partial charge in [-0.1, -0.05) is 13.8 Å². The Kier molecular flexibility index (Phi) is 14.2. The van der Waals surface area contributed by atoms with Gasteiger partial charge in [-0.15, -0.1) is 0 Å². The highest BCUT2D eigenvalue weighted by atomic mass is 16.8. The molecule has 0 amide bonds. The molecule has 3 heterocycles. The van der Waals surface area contributed by atoms with Gasteiger partial charge in [-0.25, -0.2) is 0 Å². The maximum absolute atomic E-state index is 10.7. The predicted molar refractivity (Wildman–Crippen MR) is 125 cm³/mol. The molecule has 17 nitrogen and oxygen atoms in total. The molecule has 3 rings (SSSR count). The van der Waals surface area contributed by atoms with Gasteiger partial charge in [0.1, 0.15) is 73.2 Å². The Hall–Kier alpha value is -0.680. The summed E-state index contributed by atoms with van der Waals surface area (Å²) >= 11 is 0. The Balaban J connectivity index is 0.00000260. The maximum Gasteiger partial charge on any atom is 0.187 e. The van der Waals surface area contributed by atoms with E-state index in [2.05, 4.69) is 0 Å². The summed E-state index contributed by atoms with van der Waals surface area (Å²) < 4.78 is 32.4. The quantitative estimate of drug-likeness (QED) is 0.115. The number of aliphatic hydroxyl groups is 10. The summed E-state index contributed by atoms with van der Waals surface area (Å²) in [6.07, 6.45) is -24.2. The van der Waals surface area contributed by atoms with Crippen molar-refractivity contribution in [2.75, 3.05) is 33.0 Å². The highest BCUT2D eigenvalue weighted by molar-refractivity contribution is 4.96. The molecule has 232 valence electrons. The van der Waals surface area contributed by atoms with E-state index in [-0.39, 0.29) is 13.2 Å². The molecule has 3 aliphatic heterocycles. The summed E-state index contributed by atoms with van der Waals surface area (Å²) in [6.45, 7) is 1.84. The van der Waals surface area contributed by atoms with Crippen molar-refractivity contribution in [1.29, 1.82) is 0 Å². The standard InChI is InChI=1S/C20H37NO16.C2H6/c21-1-2-32-18-14(30)11(27)16(7(4-23)34-18)37-20-15(31)12(28)17(8(5-24)35-20)36-19-13(29)10(26)9(25)6(3-22)33-19;1-2/h6-20,22-31H,1-5,21H2;1-2H3/t6?,7-,8?,9-,10-,11?,12+,13?,14?,15?,16+,17-,18+,19+,20-;/m0./s1. The van der Waals surface area contributed by atoms with Gasteiger partial charge in [0.2, 0.25) is 0 Å². The zero-order valence-corrected chi connectivity index (χ0v) is 21.7. The van der Waals surface area contributed by atoms with Crippen molar-refractivity contribution in [2.24, 2.45) is 5.73 Å². The minimum Gasteiger partial charge on any atom is -0.394 e. The van der Waals surface area contributed by atoms with Crippen LogP contribution in [0.1, 0.15) is 13.8 Å². The summed E-state index contributed by atoms with van der Waals surface area (Å²) in [6, 6.07) is 0. The molecule has 15 atom stereocenters. The van der Waals surface area contributed by atoms with E-state index >= 15 is 0 Å². The van der Waals surface area contributed by atoms with Crippen LogP contribution in [-0.2, 0) is 28.4 Å². The Bertz CT molecular complexity index is 688. The van der Waals surface area contributed by atoms with Crippen LogP contribution in [0.15, 0.2) is 0 Å². The van der Waals surface area contributed by atoms with E-state index < -0.39 is 112 Å². The lowest BCUT2D eigenvalue weighted by Gasteiger charge is -2.48. The van der Waals surface area contributed by atoms with Crippen molar-refractivity contribution < 1.29 is 79.5 Å². The van der Waals surface area contributed by atoms with E-state index in [0.717, 1.165) is 0 Å². The van der Waals surface area contributed by atoms with Crippen molar-refractivity contribution >= 4 is 0 Å². The van der Waals surface area contributed by atoms with E-state index in [1.165, 1.54) is 0 Å². The summed E-state index contributed by atoms with van der Waals surface area (Å²) in [5, 5.41) is 101. The summed E-state index contributed by atoms with van der Waals surface area (Å²) in [7, 11) is 0. The molecule has 39 heavy (non-hydrogen) atoms. The van der Waals surface area contributed by atoms with Crippen molar-refractivity contribution in [2.45, 2.75) is 106 Å².